The first-order valence-electron chi connectivity index (χ1n) is 10.2. The first-order chi connectivity index (χ1) is 13.2. The largest absolute Gasteiger partial charge is 0.497 e. The van der Waals surface area contributed by atoms with E-state index < -0.39 is 0 Å². The van der Waals surface area contributed by atoms with Crippen molar-refractivity contribution >= 4 is 5.96 Å². The van der Waals surface area contributed by atoms with Gasteiger partial charge >= 0.3 is 0 Å². The number of hydrogen-bond donors (Lipinski definition) is 2. The van der Waals surface area contributed by atoms with Gasteiger partial charge in [0, 0.05) is 19.6 Å². The van der Waals surface area contributed by atoms with Gasteiger partial charge in [0.15, 0.2) is 5.96 Å². The Balaban J connectivity index is 1.52. The Morgan fingerprint density at radius 1 is 1.11 bits per heavy atom. The van der Waals surface area contributed by atoms with Crippen molar-refractivity contribution in [2.24, 2.45) is 4.99 Å². The predicted octanol–water partition coefficient (Wildman–Crippen LogP) is 2.89. The number of rotatable bonds is 10. The van der Waals surface area contributed by atoms with E-state index in [0.29, 0.717) is 13.2 Å². The van der Waals surface area contributed by atoms with Crippen molar-refractivity contribution in [2.75, 3.05) is 46.9 Å². The molecule has 0 aliphatic carbocycles. The number of nitrogens with one attached hydrogen (secondary N) is 2. The van der Waals surface area contributed by atoms with Gasteiger partial charge < -0.3 is 25.0 Å². The second-order valence-corrected chi connectivity index (χ2v) is 7.04. The molecular weight excluding hydrogens is 340 g/mol. The van der Waals surface area contributed by atoms with Gasteiger partial charge in [-0.25, -0.2) is 0 Å². The van der Waals surface area contributed by atoms with Crippen LogP contribution < -0.4 is 20.1 Å². The molecule has 1 fully saturated rings. The Morgan fingerprint density at radius 2 is 1.85 bits per heavy atom. The Labute approximate surface area is 164 Å². The Bertz CT molecular complexity index is 548. The molecule has 6 heteroatoms. The second-order valence-electron chi connectivity index (χ2n) is 7.04. The molecule has 0 spiro atoms. The van der Waals surface area contributed by atoms with E-state index in [1.54, 1.807) is 14.2 Å². The summed E-state index contributed by atoms with van der Waals surface area (Å²) in [5, 5.41) is 6.67. The highest BCUT2D eigenvalue weighted by Gasteiger charge is 2.16. The van der Waals surface area contributed by atoms with Gasteiger partial charge in [-0.3, -0.25) is 4.99 Å². The molecule has 1 unspecified atom stereocenters. The fraction of sp³-hybridized carbons (Fsp3) is 0.667. The number of guanidine groups is 1. The van der Waals surface area contributed by atoms with Gasteiger partial charge in [0.2, 0.25) is 0 Å². The molecule has 0 radical (unpaired) electrons. The van der Waals surface area contributed by atoms with Gasteiger partial charge in [0.1, 0.15) is 18.1 Å². The number of hydrogen-bond acceptors (Lipinski definition) is 4. The first kappa shape index (κ1) is 21.4. The maximum atomic E-state index is 5.71. The molecule has 2 rings (SSSR count). The lowest BCUT2D eigenvalue weighted by molar-refractivity contribution is 0.158. The standard InChI is InChI=1S/C21H36N4O2/c1-18-8-4-6-15-25(18)16-7-5-13-23-21(22-2)24-14-17-27-20-11-9-19(26-3)10-12-20/h9-12,18H,4-8,13-17H2,1-3H3,(H2,22,23,24). The quantitative estimate of drug-likeness (QED) is 0.374. The number of benzene rings is 1. The van der Waals surface area contributed by atoms with Crippen molar-refractivity contribution in [1.82, 2.24) is 15.5 Å². The monoisotopic (exact) mass is 376 g/mol. The molecule has 0 bridgehead atoms. The van der Waals surface area contributed by atoms with E-state index in [2.05, 4.69) is 27.4 Å². The van der Waals surface area contributed by atoms with Crippen LogP contribution in [-0.2, 0) is 0 Å². The summed E-state index contributed by atoms with van der Waals surface area (Å²) in [6.45, 7) is 7.08. The van der Waals surface area contributed by atoms with E-state index in [1.807, 2.05) is 24.3 Å². The molecule has 1 aromatic carbocycles. The summed E-state index contributed by atoms with van der Waals surface area (Å²) in [4.78, 5) is 6.90. The van der Waals surface area contributed by atoms with E-state index >= 15 is 0 Å². The third-order valence-corrected chi connectivity index (χ3v) is 5.05. The van der Waals surface area contributed by atoms with Crippen LogP contribution in [-0.4, -0.2) is 63.8 Å². The summed E-state index contributed by atoms with van der Waals surface area (Å²) in [5.41, 5.74) is 0. The predicted molar refractivity (Wildman–Crippen MR) is 112 cm³/mol. The Morgan fingerprint density at radius 3 is 2.56 bits per heavy atom. The van der Waals surface area contributed by atoms with E-state index in [1.165, 1.54) is 38.8 Å². The summed E-state index contributed by atoms with van der Waals surface area (Å²) in [6.07, 6.45) is 6.50. The van der Waals surface area contributed by atoms with Crippen LogP contribution in [0.5, 0.6) is 11.5 Å². The molecule has 0 saturated carbocycles. The zero-order chi connectivity index (χ0) is 19.3. The van der Waals surface area contributed by atoms with Crippen LogP contribution in [0.4, 0.5) is 0 Å². The molecule has 1 aromatic rings. The molecule has 152 valence electrons. The van der Waals surface area contributed by atoms with Crippen molar-refractivity contribution in [3.63, 3.8) is 0 Å². The summed E-state index contributed by atoms with van der Waals surface area (Å²) in [7, 11) is 3.46. The number of ether oxygens (including phenoxy) is 2. The third-order valence-electron chi connectivity index (χ3n) is 5.05. The van der Waals surface area contributed by atoms with Gasteiger partial charge in [-0.1, -0.05) is 6.42 Å². The van der Waals surface area contributed by atoms with Crippen molar-refractivity contribution < 1.29 is 9.47 Å². The van der Waals surface area contributed by atoms with E-state index in [9.17, 15) is 0 Å². The lowest BCUT2D eigenvalue weighted by atomic mass is 10.0. The van der Waals surface area contributed by atoms with Crippen molar-refractivity contribution in [2.45, 2.75) is 45.1 Å². The fourth-order valence-electron chi connectivity index (χ4n) is 3.37. The summed E-state index contributed by atoms with van der Waals surface area (Å²) >= 11 is 0. The number of piperidine rings is 1. The van der Waals surface area contributed by atoms with Crippen LogP contribution in [0.2, 0.25) is 0 Å². The van der Waals surface area contributed by atoms with Gasteiger partial charge in [0.05, 0.1) is 13.7 Å². The van der Waals surface area contributed by atoms with Crippen molar-refractivity contribution in [1.29, 1.82) is 0 Å². The highest BCUT2D eigenvalue weighted by Crippen LogP contribution is 2.17. The lowest BCUT2D eigenvalue weighted by Gasteiger charge is -2.33. The van der Waals surface area contributed by atoms with Gasteiger partial charge in [-0.2, -0.15) is 0 Å². The van der Waals surface area contributed by atoms with Crippen molar-refractivity contribution in [3.8, 4) is 11.5 Å². The minimum Gasteiger partial charge on any atom is -0.497 e. The molecule has 1 saturated heterocycles. The highest BCUT2D eigenvalue weighted by atomic mass is 16.5. The van der Waals surface area contributed by atoms with Gasteiger partial charge in [-0.05, 0) is 70.0 Å². The molecule has 27 heavy (non-hydrogen) atoms. The molecule has 6 nitrogen and oxygen atoms in total. The normalized spacial score (nSPS) is 18.2. The van der Waals surface area contributed by atoms with E-state index in [-0.39, 0.29) is 0 Å². The molecule has 0 aromatic heterocycles. The minimum absolute atomic E-state index is 0.583. The van der Waals surface area contributed by atoms with Crippen LogP contribution >= 0.6 is 0 Å². The van der Waals surface area contributed by atoms with Gasteiger partial charge in [0.25, 0.3) is 0 Å². The number of likely N-dealkylation sites (tertiary alicyclic amines) is 1. The summed E-state index contributed by atoms with van der Waals surface area (Å²) < 4.78 is 10.9. The zero-order valence-corrected chi connectivity index (χ0v) is 17.2. The van der Waals surface area contributed by atoms with Crippen molar-refractivity contribution in [3.05, 3.63) is 24.3 Å². The lowest BCUT2D eigenvalue weighted by Crippen LogP contribution is -2.40. The maximum Gasteiger partial charge on any atom is 0.191 e. The summed E-state index contributed by atoms with van der Waals surface area (Å²) in [5.74, 6) is 2.51. The number of methoxy groups -OCH3 is 1. The molecule has 1 aliphatic rings. The average Bonchev–Trinajstić information content (AvgIpc) is 2.71. The first-order valence-corrected chi connectivity index (χ1v) is 10.2. The van der Waals surface area contributed by atoms with Crippen LogP contribution in [0.3, 0.4) is 0 Å². The zero-order valence-electron chi connectivity index (χ0n) is 17.2. The number of nitrogens with zero attached hydrogens (tertiary/aromatic N) is 2. The molecule has 0 amide bonds. The topological polar surface area (TPSA) is 58.1 Å². The molecule has 1 aliphatic heterocycles. The highest BCUT2D eigenvalue weighted by molar-refractivity contribution is 5.79. The summed E-state index contributed by atoms with van der Waals surface area (Å²) in [6, 6.07) is 8.37. The third kappa shape index (κ3) is 8.08. The number of aliphatic imine (C=N–C) groups is 1. The van der Waals surface area contributed by atoms with Crippen LogP contribution in [0.15, 0.2) is 29.3 Å². The number of unbranched alkanes of at least 4 members (excludes halogenated alkanes) is 1. The Kier molecular flexibility index (Phi) is 9.84. The molecule has 1 atom stereocenters. The molecular formula is C21H36N4O2. The van der Waals surface area contributed by atoms with Gasteiger partial charge in [-0.15, -0.1) is 0 Å². The maximum absolute atomic E-state index is 5.71. The second kappa shape index (κ2) is 12.4. The SMILES string of the molecule is CN=C(NCCCCN1CCCCC1C)NCCOc1ccc(OC)cc1. The molecule has 2 N–H and O–H groups in total. The van der Waals surface area contributed by atoms with E-state index in [0.717, 1.165) is 36.5 Å². The minimum atomic E-state index is 0.583. The smallest absolute Gasteiger partial charge is 0.191 e. The van der Waals surface area contributed by atoms with Crippen LogP contribution in [0.1, 0.15) is 39.0 Å². The average molecular weight is 377 g/mol. The van der Waals surface area contributed by atoms with Crippen LogP contribution in [0, 0.1) is 0 Å². The molecule has 1 heterocycles. The fourth-order valence-corrected chi connectivity index (χ4v) is 3.37. The van der Waals surface area contributed by atoms with Crippen LogP contribution in [0.25, 0.3) is 0 Å². The Hall–Kier alpha value is -1.95. The van der Waals surface area contributed by atoms with E-state index in [4.69, 9.17) is 9.47 Å².